The fourth-order valence-electron chi connectivity index (χ4n) is 1.68. The Kier molecular flexibility index (Phi) is 4.31. The van der Waals surface area contributed by atoms with E-state index in [4.69, 9.17) is 5.11 Å². The summed E-state index contributed by atoms with van der Waals surface area (Å²) in [6.45, 7) is -0.558. The Morgan fingerprint density at radius 1 is 1.45 bits per heavy atom. The van der Waals surface area contributed by atoms with E-state index in [2.05, 4.69) is 10.1 Å². The van der Waals surface area contributed by atoms with Crippen molar-refractivity contribution in [1.29, 1.82) is 0 Å². The van der Waals surface area contributed by atoms with Gasteiger partial charge in [-0.15, -0.1) is 11.3 Å². The van der Waals surface area contributed by atoms with E-state index in [1.165, 1.54) is 36.6 Å². The molecular weight excluding hydrogens is 285 g/mol. The second-order valence-corrected chi connectivity index (χ2v) is 5.11. The maximum atomic E-state index is 13.1. The Morgan fingerprint density at radius 3 is 2.85 bits per heavy atom. The Labute approximate surface area is 118 Å². The smallest absolute Gasteiger partial charge is 0.330 e. The lowest BCUT2D eigenvalue weighted by Gasteiger charge is -2.12. The van der Waals surface area contributed by atoms with E-state index in [1.54, 1.807) is 6.07 Å². The highest BCUT2D eigenvalue weighted by Crippen LogP contribution is 2.26. The first kappa shape index (κ1) is 14.4. The average Bonchev–Trinajstić information content (AvgIpc) is 2.86. The number of thiophene rings is 1. The molecule has 0 saturated heterocycles. The van der Waals surface area contributed by atoms with Crippen LogP contribution in [0.15, 0.2) is 24.3 Å². The molecule has 1 amide bonds. The van der Waals surface area contributed by atoms with Crippen molar-refractivity contribution >= 4 is 33.3 Å². The summed E-state index contributed by atoms with van der Waals surface area (Å²) in [6, 6.07) is 4.63. The van der Waals surface area contributed by atoms with Crippen molar-refractivity contribution < 1.29 is 23.8 Å². The van der Waals surface area contributed by atoms with Crippen molar-refractivity contribution in [2.75, 3.05) is 13.7 Å². The number of rotatable bonds is 4. The number of ether oxygens (including phenoxy) is 1. The lowest BCUT2D eigenvalue weighted by atomic mass is 10.2. The minimum Gasteiger partial charge on any atom is -0.467 e. The quantitative estimate of drug-likeness (QED) is 0.834. The minimum atomic E-state index is -1.12. The van der Waals surface area contributed by atoms with E-state index in [0.29, 0.717) is 10.3 Å². The van der Waals surface area contributed by atoms with Crippen molar-refractivity contribution in [3.63, 3.8) is 0 Å². The number of carbonyl (C=O) groups is 2. The molecule has 1 unspecified atom stereocenters. The monoisotopic (exact) mass is 297 g/mol. The van der Waals surface area contributed by atoms with Crippen LogP contribution < -0.4 is 5.32 Å². The van der Waals surface area contributed by atoms with Crippen molar-refractivity contribution in [2.45, 2.75) is 6.04 Å². The molecule has 0 saturated carbocycles. The fraction of sp³-hybridized carbons (Fsp3) is 0.231. The second kappa shape index (κ2) is 5.98. The number of esters is 1. The van der Waals surface area contributed by atoms with Crippen LogP contribution in [0.2, 0.25) is 0 Å². The lowest BCUT2D eigenvalue weighted by Crippen LogP contribution is -2.43. The number of nitrogens with one attached hydrogen (secondary N) is 1. The standard InChI is InChI=1S/C13H12FNO4S/c1-19-13(18)9(6-16)15-12(17)11-5-7-4-8(14)2-3-10(7)20-11/h2-5,9,16H,6H2,1H3,(H,15,17). The maximum Gasteiger partial charge on any atom is 0.330 e. The molecule has 106 valence electrons. The van der Waals surface area contributed by atoms with Gasteiger partial charge < -0.3 is 15.2 Å². The van der Waals surface area contributed by atoms with E-state index >= 15 is 0 Å². The highest BCUT2D eigenvalue weighted by atomic mass is 32.1. The number of carbonyl (C=O) groups excluding carboxylic acids is 2. The van der Waals surface area contributed by atoms with Gasteiger partial charge in [-0.3, -0.25) is 4.79 Å². The van der Waals surface area contributed by atoms with E-state index in [0.717, 1.165) is 4.70 Å². The number of benzene rings is 1. The highest BCUT2D eigenvalue weighted by molar-refractivity contribution is 7.20. The van der Waals surface area contributed by atoms with Crippen molar-refractivity contribution in [3.05, 3.63) is 35.0 Å². The number of aliphatic hydroxyl groups excluding tert-OH is 1. The number of fused-ring (bicyclic) bond motifs is 1. The van der Waals surface area contributed by atoms with Gasteiger partial charge in [-0.1, -0.05) is 0 Å². The minimum absolute atomic E-state index is 0.327. The summed E-state index contributed by atoms with van der Waals surface area (Å²) in [5, 5.41) is 12.0. The van der Waals surface area contributed by atoms with Crippen LogP contribution in [-0.4, -0.2) is 36.7 Å². The van der Waals surface area contributed by atoms with Gasteiger partial charge in [-0.05, 0) is 29.7 Å². The molecule has 0 aliphatic rings. The molecule has 0 aliphatic carbocycles. The van der Waals surface area contributed by atoms with Crippen LogP contribution in [0.25, 0.3) is 10.1 Å². The third-order valence-electron chi connectivity index (χ3n) is 2.68. The van der Waals surface area contributed by atoms with Crippen molar-refractivity contribution in [3.8, 4) is 0 Å². The topological polar surface area (TPSA) is 75.6 Å². The molecule has 1 aromatic heterocycles. The number of hydrogen-bond donors (Lipinski definition) is 2. The Hall–Kier alpha value is -1.99. The first-order valence-corrected chi connectivity index (χ1v) is 6.55. The molecule has 1 atom stereocenters. The largest absolute Gasteiger partial charge is 0.467 e. The van der Waals surface area contributed by atoms with Crippen LogP contribution in [-0.2, 0) is 9.53 Å². The summed E-state index contributed by atoms with van der Waals surface area (Å²) in [7, 11) is 1.17. The summed E-state index contributed by atoms with van der Waals surface area (Å²) >= 11 is 1.17. The molecule has 5 nitrogen and oxygen atoms in total. The van der Waals surface area contributed by atoms with Crippen LogP contribution in [0, 0.1) is 5.82 Å². The predicted molar refractivity (Wildman–Crippen MR) is 72.1 cm³/mol. The molecule has 20 heavy (non-hydrogen) atoms. The predicted octanol–water partition coefficient (Wildman–Crippen LogP) is 1.30. The third-order valence-corrected chi connectivity index (χ3v) is 3.79. The number of hydrogen-bond acceptors (Lipinski definition) is 5. The Morgan fingerprint density at radius 2 is 2.20 bits per heavy atom. The summed E-state index contributed by atoms with van der Waals surface area (Å²) in [5.41, 5.74) is 0. The normalized spacial score (nSPS) is 12.2. The molecule has 0 spiro atoms. The van der Waals surface area contributed by atoms with E-state index < -0.39 is 24.5 Å². The summed E-state index contributed by atoms with van der Waals surface area (Å²) in [4.78, 5) is 23.6. The van der Waals surface area contributed by atoms with Gasteiger partial charge in [0.1, 0.15) is 5.82 Å². The zero-order chi connectivity index (χ0) is 14.7. The van der Waals surface area contributed by atoms with Gasteiger partial charge in [-0.25, -0.2) is 9.18 Å². The SMILES string of the molecule is COC(=O)C(CO)NC(=O)c1cc2cc(F)ccc2s1. The summed E-state index contributed by atoms with van der Waals surface area (Å²) in [5.74, 6) is -1.63. The molecule has 0 radical (unpaired) electrons. The summed E-state index contributed by atoms with van der Waals surface area (Å²) in [6.07, 6.45) is 0. The highest BCUT2D eigenvalue weighted by Gasteiger charge is 2.22. The van der Waals surface area contributed by atoms with Crippen LogP contribution >= 0.6 is 11.3 Å². The van der Waals surface area contributed by atoms with E-state index in [-0.39, 0.29) is 5.82 Å². The number of amides is 1. The van der Waals surface area contributed by atoms with Gasteiger partial charge in [-0.2, -0.15) is 0 Å². The molecule has 0 aliphatic heterocycles. The van der Waals surface area contributed by atoms with Crippen molar-refractivity contribution in [1.82, 2.24) is 5.32 Å². The van der Waals surface area contributed by atoms with Gasteiger partial charge in [0.25, 0.3) is 5.91 Å². The van der Waals surface area contributed by atoms with E-state index in [9.17, 15) is 14.0 Å². The molecule has 7 heteroatoms. The van der Waals surface area contributed by atoms with Crippen LogP contribution in [0.4, 0.5) is 4.39 Å². The van der Waals surface area contributed by atoms with Crippen molar-refractivity contribution in [2.24, 2.45) is 0 Å². The third kappa shape index (κ3) is 2.94. The van der Waals surface area contributed by atoms with Gasteiger partial charge >= 0.3 is 5.97 Å². The average molecular weight is 297 g/mol. The Bertz CT molecular complexity index is 655. The van der Waals surface area contributed by atoms with Gasteiger partial charge in [0.05, 0.1) is 18.6 Å². The molecule has 0 fully saturated rings. The molecule has 0 bridgehead atoms. The number of halogens is 1. The first-order chi connectivity index (χ1) is 9.55. The Balaban J connectivity index is 2.20. The summed E-state index contributed by atoms with van der Waals surface area (Å²) < 4.78 is 18.3. The van der Waals surface area contributed by atoms with Crippen LogP contribution in [0.1, 0.15) is 9.67 Å². The van der Waals surface area contributed by atoms with Crippen LogP contribution in [0.3, 0.4) is 0 Å². The first-order valence-electron chi connectivity index (χ1n) is 5.74. The molecule has 1 heterocycles. The zero-order valence-electron chi connectivity index (χ0n) is 10.6. The van der Waals surface area contributed by atoms with Gasteiger partial charge in [0.2, 0.25) is 0 Å². The number of methoxy groups -OCH3 is 1. The van der Waals surface area contributed by atoms with Gasteiger partial charge in [0.15, 0.2) is 6.04 Å². The molecule has 1 aromatic carbocycles. The molecule has 2 rings (SSSR count). The van der Waals surface area contributed by atoms with E-state index in [1.807, 2.05) is 0 Å². The molecular formula is C13H12FNO4S. The fourth-order valence-corrected chi connectivity index (χ4v) is 2.62. The number of aliphatic hydroxyl groups is 1. The lowest BCUT2D eigenvalue weighted by molar-refractivity contribution is -0.143. The van der Waals surface area contributed by atoms with Crippen LogP contribution in [0.5, 0.6) is 0 Å². The molecule has 2 aromatic rings. The maximum absolute atomic E-state index is 13.1. The van der Waals surface area contributed by atoms with Gasteiger partial charge in [0, 0.05) is 4.70 Å². The zero-order valence-corrected chi connectivity index (χ0v) is 11.4. The molecule has 2 N–H and O–H groups in total. The second-order valence-electron chi connectivity index (χ2n) is 4.02.